The van der Waals surface area contributed by atoms with Crippen LogP contribution in [-0.2, 0) is 12.8 Å². The van der Waals surface area contributed by atoms with Gasteiger partial charge in [-0.05, 0) is 53.8 Å². The summed E-state index contributed by atoms with van der Waals surface area (Å²) in [7, 11) is 0. The Kier molecular flexibility index (Phi) is 6.81. The van der Waals surface area contributed by atoms with Crippen LogP contribution in [0, 0.1) is 6.92 Å². The van der Waals surface area contributed by atoms with E-state index in [1.54, 1.807) is 4.57 Å². The average Bonchev–Trinajstić information content (AvgIpc) is 3.64. The third-order valence-electron chi connectivity index (χ3n) is 6.83. The lowest BCUT2D eigenvalue weighted by Crippen LogP contribution is -2.28. The Morgan fingerprint density at radius 2 is 1.69 bits per heavy atom. The summed E-state index contributed by atoms with van der Waals surface area (Å²) in [4.78, 5) is 23.7. The molecule has 3 aromatic carbocycles. The molecule has 6 rings (SSSR count). The highest BCUT2D eigenvalue weighted by molar-refractivity contribution is 7.20. The third kappa shape index (κ3) is 4.88. The van der Waals surface area contributed by atoms with Gasteiger partial charge in [0.1, 0.15) is 5.82 Å². The second kappa shape index (κ2) is 10.7. The van der Waals surface area contributed by atoms with Gasteiger partial charge in [-0.1, -0.05) is 85.3 Å². The molecule has 0 unspecified atom stereocenters. The van der Waals surface area contributed by atoms with E-state index in [1.165, 1.54) is 11.3 Å². The van der Waals surface area contributed by atoms with Gasteiger partial charge in [-0.15, -0.1) is 10.2 Å². The first-order chi connectivity index (χ1) is 19.1. The zero-order chi connectivity index (χ0) is 26.8. The van der Waals surface area contributed by atoms with Crippen LogP contribution < -0.4 is 5.56 Å². The number of para-hydroxylation sites is 1. The number of unbranched alkanes of at least 4 members (excludes halogenated alkanes) is 1. The highest BCUT2D eigenvalue weighted by Crippen LogP contribution is 2.30. The Labute approximate surface area is 229 Å². The highest BCUT2D eigenvalue weighted by Gasteiger charge is 2.19. The number of fused-ring (bicyclic) bond motifs is 1. The number of benzene rings is 3. The maximum Gasteiger partial charge on any atom is 0.263 e. The minimum Gasteiger partial charge on any atom is -0.268 e. The Bertz CT molecular complexity index is 1770. The first-order valence-corrected chi connectivity index (χ1v) is 13.8. The van der Waals surface area contributed by atoms with Gasteiger partial charge in [0.2, 0.25) is 5.82 Å². The van der Waals surface area contributed by atoms with Gasteiger partial charge in [0.25, 0.3) is 5.56 Å². The van der Waals surface area contributed by atoms with Crippen molar-refractivity contribution in [3.8, 4) is 27.6 Å². The molecule has 0 aliphatic rings. The summed E-state index contributed by atoms with van der Waals surface area (Å²) in [6, 6.07) is 24.2. The van der Waals surface area contributed by atoms with E-state index in [9.17, 15) is 4.79 Å². The number of aromatic nitrogens is 7. The van der Waals surface area contributed by atoms with Crippen LogP contribution in [-0.4, -0.2) is 35.2 Å². The van der Waals surface area contributed by atoms with Crippen LogP contribution in [0.5, 0.6) is 0 Å². The number of aromatic amines is 1. The Morgan fingerprint density at radius 1 is 0.923 bits per heavy atom. The molecule has 194 valence electrons. The summed E-state index contributed by atoms with van der Waals surface area (Å²) < 4.78 is 2.72. The van der Waals surface area contributed by atoms with Crippen LogP contribution in [0.3, 0.4) is 0 Å². The molecule has 0 aliphatic carbocycles. The molecule has 8 nitrogen and oxygen atoms in total. The van der Waals surface area contributed by atoms with Crippen molar-refractivity contribution in [2.45, 2.75) is 39.5 Å². The molecular formula is C30H27N7OS. The molecule has 3 heterocycles. The summed E-state index contributed by atoms with van der Waals surface area (Å²) in [6.45, 7) is 4.04. The van der Waals surface area contributed by atoms with Crippen LogP contribution >= 0.6 is 11.3 Å². The van der Waals surface area contributed by atoms with Crippen molar-refractivity contribution < 1.29 is 0 Å². The van der Waals surface area contributed by atoms with Gasteiger partial charge in [0, 0.05) is 17.5 Å². The average molecular weight is 534 g/mol. The first-order valence-electron chi connectivity index (χ1n) is 13.0. The lowest BCUT2D eigenvalue weighted by molar-refractivity contribution is 0.733. The van der Waals surface area contributed by atoms with E-state index in [4.69, 9.17) is 9.97 Å². The quantitative estimate of drug-likeness (QED) is 0.260. The number of thiazole rings is 1. The SMILES string of the molecule is CCCCc1nc(C)n(-c2nc3ccccc3s2)c(=O)c1Cc1ccc(-c2ccccc2-c2nn[nH]n2)cc1. The number of aryl methyl sites for hydroxylation is 2. The number of nitrogens with zero attached hydrogens (tertiary/aromatic N) is 6. The molecule has 9 heteroatoms. The van der Waals surface area contributed by atoms with Gasteiger partial charge in [-0.2, -0.15) is 5.21 Å². The Hall–Kier alpha value is -4.50. The maximum absolute atomic E-state index is 14.0. The zero-order valence-electron chi connectivity index (χ0n) is 21.8. The minimum atomic E-state index is -0.0424. The summed E-state index contributed by atoms with van der Waals surface area (Å²) in [5.41, 5.74) is 6.46. The molecule has 0 atom stereocenters. The fraction of sp³-hybridized carbons (Fsp3) is 0.200. The Morgan fingerprint density at radius 3 is 2.44 bits per heavy atom. The molecule has 0 saturated carbocycles. The first kappa shape index (κ1) is 24.8. The maximum atomic E-state index is 14.0. The third-order valence-corrected chi connectivity index (χ3v) is 7.85. The smallest absolute Gasteiger partial charge is 0.263 e. The van der Waals surface area contributed by atoms with Crippen LogP contribution in [0.2, 0.25) is 0 Å². The number of hydrogen-bond acceptors (Lipinski definition) is 7. The van der Waals surface area contributed by atoms with Crippen molar-refractivity contribution in [2.24, 2.45) is 0 Å². The molecule has 0 fully saturated rings. The summed E-state index contributed by atoms with van der Waals surface area (Å²) in [5.74, 6) is 1.22. The van der Waals surface area contributed by atoms with Crippen molar-refractivity contribution in [2.75, 3.05) is 0 Å². The van der Waals surface area contributed by atoms with Gasteiger partial charge >= 0.3 is 0 Å². The summed E-state index contributed by atoms with van der Waals surface area (Å²) >= 11 is 1.51. The van der Waals surface area contributed by atoms with E-state index in [1.807, 2.05) is 55.5 Å². The molecule has 0 aliphatic heterocycles. The molecule has 0 radical (unpaired) electrons. The fourth-order valence-electron chi connectivity index (χ4n) is 4.84. The van der Waals surface area contributed by atoms with Crippen LogP contribution in [0.4, 0.5) is 0 Å². The molecule has 0 spiro atoms. The molecule has 0 bridgehead atoms. The number of tetrazole rings is 1. The van der Waals surface area contributed by atoms with Crippen LogP contribution in [0.25, 0.3) is 37.9 Å². The molecule has 0 saturated heterocycles. The van der Waals surface area contributed by atoms with E-state index in [-0.39, 0.29) is 5.56 Å². The van der Waals surface area contributed by atoms with E-state index in [2.05, 4.69) is 51.8 Å². The van der Waals surface area contributed by atoms with E-state index < -0.39 is 0 Å². The standard InChI is InChI=1S/C30H27N7OS/c1-3-4-11-25-24(29(38)37(19(2)31-25)30-32-26-12-7-8-13-27(26)39-30)18-20-14-16-21(17-15-20)22-9-5-6-10-23(22)28-33-35-36-34-28/h5-10,12-17H,3-4,11,18H2,1-2H3,(H,33,34,35,36). The molecule has 1 N–H and O–H groups in total. The van der Waals surface area contributed by atoms with Crippen molar-refractivity contribution in [1.29, 1.82) is 0 Å². The van der Waals surface area contributed by atoms with E-state index in [0.29, 0.717) is 23.2 Å². The van der Waals surface area contributed by atoms with Crippen molar-refractivity contribution in [3.63, 3.8) is 0 Å². The zero-order valence-corrected chi connectivity index (χ0v) is 22.6. The predicted molar refractivity (Wildman–Crippen MR) is 154 cm³/mol. The van der Waals surface area contributed by atoms with Crippen LogP contribution in [0.1, 0.15) is 42.4 Å². The lowest BCUT2D eigenvalue weighted by Gasteiger charge is -2.14. The second-order valence-electron chi connectivity index (χ2n) is 9.45. The number of nitrogens with one attached hydrogen (secondary N) is 1. The monoisotopic (exact) mass is 533 g/mol. The molecular weight excluding hydrogens is 506 g/mol. The second-order valence-corrected chi connectivity index (χ2v) is 10.5. The lowest BCUT2D eigenvalue weighted by atomic mass is 9.96. The molecule has 0 amide bonds. The topological polar surface area (TPSA) is 102 Å². The van der Waals surface area contributed by atoms with Crippen molar-refractivity contribution >= 4 is 21.6 Å². The van der Waals surface area contributed by atoms with Crippen LogP contribution in [0.15, 0.2) is 77.6 Å². The Balaban J connectivity index is 1.38. The fourth-order valence-corrected chi connectivity index (χ4v) is 5.85. The van der Waals surface area contributed by atoms with E-state index >= 15 is 0 Å². The van der Waals surface area contributed by atoms with Gasteiger partial charge in [0.15, 0.2) is 5.13 Å². The van der Waals surface area contributed by atoms with Crippen molar-refractivity contribution in [1.82, 2.24) is 35.2 Å². The molecule has 6 aromatic rings. The van der Waals surface area contributed by atoms with E-state index in [0.717, 1.165) is 63.0 Å². The van der Waals surface area contributed by atoms with Gasteiger partial charge in [-0.25, -0.2) is 14.5 Å². The summed E-state index contributed by atoms with van der Waals surface area (Å²) in [6.07, 6.45) is 3.30. The largest absolute Gasteiger partial charge is 0.268 e. The number of rotatable bonds is 8. The van der Waals surface area contributed by atoms with Crippen molar-refractivity contribution in [3.05, 3.63) is 106 Å². The minimum absolute atomic E-state index is 0.0424. The highest BCUT2D eigenvalue weighted by atomic mass is 32.1. The summed E-state index contributed by atoms with van der Waals surface area (Å²) in [5, 5.41) is 15.2. The normalized spacial score (nSPS) is 11.3. The number of H-pyrrole nitrogens is 1. The predicted octanol–water partition coefficient (Wildman–Crippen LogP) is 5.93. The van der Waals surface area contributed by atoms with Gasteiger partial charge in [-0.3, -0.25) is 4.79 Å². The number of hydrogen-bond donors (Lipinski definition) is 1. The van der Waals surface area contributed by atoms with Gasteiger partial charge < -0.3 is 0 Å². The van der Waals surface area contributed by atoms with Gasteiger partial charge in [0.05, 0.1) is 15.9 Å². The molecule has 39 heavy (non-hydrogen) atoms. The molecule has 3 aromatic heterocycles.